The first kappa shape index (κ1) is 19.7. The van der Waals surface area contributed by atoms with Crippen molar-refractivity contribution in [3.05, 3.63) is 48.5 Å². The van der Waals surface area contributed by atoms with E-state index < -0.39 is 0 Å². The van der Waals surface area contributed by atoms with Crippen molar-refractivity contribution in [2.45, 2.75) is 40.5 Å². The maximum absolute atomic E-state index is 3.25. The van der Waals surface area contributed by atoms with Crippen LogP contribution in [0.2, 0.25) is 0 Å². The highest BCUT2D eigenvalue weighted by molar-refractivity contribution is 5.81. The Morgan fingerprint density at radius 2 is 0.895 bits per heavy atom. The van der Waals surface area contributed by atoms with Gasteiger partial charge in [-0.2, -0.15) is 0 Å². The maximum Gasteiger partial charge on any atom is 0.0269 e. The number of fused-ring (bicyclic) bond motifs is 1. The molecule has 0 atom stereocenters. The molecule has 2 rings (SSSR count). The van der Waals surface area contributed by atoms with Crippen molar-refractivity contribution in [2.24, 2.45) is 4.99 Å². The van der Waals surface area contributed by atoms with Crippen LogP contribution in [0.5, 0.6) is 0 Å². The van der Waals surface area contributed by atoms with Crippen molar-refractivity contribution in [1.29, 1.82) is 0 Å². The minimum Gasteiger partial charge on any atom is -0.304 e. The number of aliphatic imine (C=N–C) groups is 1. The third-order valence-corrected chi connectivity index (χ3v) is 1.66. The molecule has 0 saturated carbocycles. The van der Waals surface area contributed by atoms with E-state index in [9.17, 15) is 0 Å². The van der Waals surface area contributed by atoms with E-state index in [0.29, 0.717) is 0 Å². The first-order valence-electron chi connectivity index (χ1n) is 7.00. The van der Waals surface area contributed by atoms with Gasteiger partial charge in [0.15, 0.2) is 0 Å². The summed E-state index contributed by atoms with van der Waals surface area (Å²) in [5.74, 6) is 0. The van der Waals surface area contributed by atoms with Crippen LogP contribution in [0, 0.1) is 0 Å². The van der Waals surface area contributed by atoms with Crippen LogP contribution in [0.4, 0.5) is 0 Å². The predicted molar refractivity (Wildman–Crippen MR) is 91.4 cm³/mol. The molecule has 19 heavy (non-hydrogen) atoms. The summed E-state index contributed by atoms with van der Waals surface area (Å²) < 4.78 is 0. The molecular formula is C18H29N. The Kier molecular flexibility index (Phi) is 17.0. The second kappa shape index (κ2) is 16.4. The second-order valence-electron chi connectivity index (χ2n) is 4.08. The molecule has 106 valence electrons. The Morgan fingerprint density at radius 3 is 1.05 bits per heavy atom. The van der Waals surface area contributed by atoms with E-state index in [4.69, 9.17) is 0 Å². The van der Waals surface area contributed by atoms with Crippen molar-refractivity contribution in [3.8, 4) is 0 Å². The maximum atomic E-state index is 3.25. The van der Waals surface area contributed by atoms with Crippen molar-refractivity contribution in [3.63, 3.8) is 0 Å². The lowest BCUT2D eigenvalue weighted by molar-refractivity contribution is 1.09. The van der Waals surface area contributed by atoms with E-state index >= 15 is 0 Å². The van der Waals surface area contributed by atoms with Gasteiger partial charge in [-0.25, -0.2) is 0 Å². The molecule has 0 aliphatic rings. The van der Waals surface area contributed by atoms with E-state index in [0.717, 1.165) is 0 Å². The third kappa shape index (κ3) is 12.6. The third-order valence-electron chi connectivity index (χ3n) is 1.66. The zero-order valence-electron chi connectivity index (χ0n) is 13.2. The summed E-state index contributed by atoms with van der Waals surface area (Å²) in [6.07, 6.45) is 2.50. The largest absolute Gasteiger partial charge is 0.304 e. The Labute approximate surface area is 119 Å². The molecule has 2 aromatic rings. The van der Waals surface area contributed by atoms with Crippen molar-refractivity contribution < 1.29 is 0 Å². The van der Waals surface area contributed by atoms with Gasteiger partial charge in [0.2, 0.25) is 0 Å². The molecule has 0 amide bonds. The van der Waals surface area contributed by atoms with Crippen molar-refractivity contribution in [1.82, 2.24) is 0 Å². The van der Waals surface area contributed by atoms with Crippen LogP contribution in [-0.4, -0.2) is 13.8 Å². The van der Waals surface area contributed by atoms with Gasteiger partial charge in [-0.05, 0) is 17.5 Å². The fourth-order valence-corrected chi connectivity index (χ4v) is 1.13. The number of rotatable bonds is 0. The van der Waals surface area contributed by atoms with Gasteiger partial charge in [0.1, 0.15) is 0 Å². The van der Waals surface area contributed by atoms with Gasteiger partial charge in [0.05, 0.1) is 0 Å². The van der Waals surface area contributed by atoms with Gasteiger partial charge in [-0.1, -0.05) is 89.1 Å². The highest BCUT2D eigenvalue weighted by atomic mass is 14.6. The molecule has 0 N–H and O–H groups in total. The van der Waals surface area contributed by atoms with E-state index in [1.165, 1.54) is 23.6 Å². The Balaban J connectivity index is 0. The summed E-state index contributed by atoms with van der Waals surface area (Å²) in [6, 6.07) is 16.7. The number of nitrogens with zero attached hydrogens (tertiary/aromatic N) is 1. The average Bonchev–Trinajstić information content (AvgIpc) is 2.42. The van der Waals surface area contributed by atoms with Crippen LogP contribution in [0.3, 0.4) is 0 Å². The molecule has 0 heterocycles. The zero-order valence-corrected chi connectivity index (χ0v) is 13.2. The lowest BCUT2D eigenvalue weighted by atomic mass is 10.1. The fraction of sp³-hybridized carbons (Fsp3) is 0.389. The number of benzene rings is 2. The summed E-state index contributed by atoms with van der Waals surface area (Å²) >= 11 is 0. The predicted octanol–water partition coefficient (Wildman–Crippen LogP) is 5.99. The minimum absolute atomic E-state index is 1.25. The molecule has 0 aromatic heterocycles. The number of hydrogen-bond acceptors (Lipinski definition) is 1. The molecule has 0 unspecified atom stereocenters. The van der Waals surface area contributed by atoms with Gasteiger partial charge < -0.3 is 4.99 Å². The van der Waals surface area contributed by atoms with Gasteiger partial charge in [-0.15, -0.1) is 0 Å². The Morgan fingerprint density at radius 1 is 0.737 bits per heavy atom. The van der Waals surface area contributed by atoms with Gasteiger partial charge in [0.25, 0.3) is 0 Å². The lowest BCUT2D eigenvalue weighted by Crippen LogP contribution is -1.67. The topological polar surface area (TPSA) is 12.4 Å². The van der Waals surface area contributed by atoms with E-state index in [2.05, 4.69) is 87.9 Å². The van der Waals surface area contributed by atoms with Crippen LogP contribution >= 0.6 is 0 Å². The second-order valence-corrected chi connectivity index (χ2v) is 4.08. The normalized spacial score (nSPS) is 7.84. The average molecular weight is 259 g/mol. The zero-order chi connectivity index (χ0) is 14.9. The first-order valence-corrected chi connectivity index (χ1v) is 7.00. The summed E-state index contributed by atoms with van der Waals surface area (Å²) in [5.41, 5.74) is 0. The van der Waals surface area contributed by atoms with Gasteiger partial charge in [-0.3, -0.25) is 0 Å². The van der Waals surface area contributed by atoms with E-state index in [-0.39, 0.29) is 0 Å². The smallest absolute Gasteiger partial charge is 0.0269 e. The molecule has 0 bridgehead atoms. The Hall–Kier alpha value is -1.63. The molecule has 0 spiro atoms. The highest BCUT2D eigenvalue weighted by Crippen LogP contribution is 2.11. The molecule has 0 radical (unpaired) electrons. The summed E-state index contributed by atoms with van der Waals surface area (Å²) in [4.78, 5) is 3.25. The molecule has 0 aliphatic carbocycles. The lowest BCUT2D eigenvalue weighted by Gasteiger charge is -1.92. The van der Waals surface area contributed by atoms with Gasteiger partial charge >= 0.3 is 0 Å². The minimum atomic E-state index is 1.25. The molecule has 1 heteroatoms. The van der Waals surface area contributed by atoms with Crippen LogP contribution < -0.4 is 0 Å². The Bertz CT molecular complexity index is 340. The highest BCUT2D eigenvalue weighted by Gasteiger charge is 1.85. The molecule has 0 aliphatic heterocycles. The molecule has 0 fully saturated rings. The van der Waals surface area contributed by atoms with Gasteiger partial charge in [0, 0.05) is 7.05 Å². The molecule has 2 aromatic carbocycles. The SMILES string of the molecule is C=NC.CCC.CCC.c1ccc2ccccc2c1. The van der Waals surface area contributed by atoms with Crippen LogP contribution in [0.15, 0.2) is 53.5 Å². The molecular weight excluding hydrogens is 230 g/mol. The quantitative estimate of drug-likeness (QED) is 0.515. The van der Waals surface area contributed by atoms with E-state index in [1.807, 2.05) is 0 Å². The monoisotopic (exact) mass is 259 g/mol. The van der Waals surface area contributed by atoms with E-state index in [1.54, 1.807) is 7.05 Å². The van der Waals surface area contributed by atoms with Crippen LogP contribution in [0.1, 0.15) is 40.5 Å². The fourth-order valence-electron chi connectivity index (χ4n) is 1.13. The first-order chi connectivity index (χ1) is 9.21. The standard InChI is InChI=1S/C10H8.2C3H8.C2H5N/c1-2-6-10-8-4-3-7-9(10)5-1;3*1-3-2/h1-8H;2*3H2,1-2H3;1H2,2H3. The molecule has 0 saturated heterocycles. The summed E-state index contributed by atoms with van der Waals surface area (Å²) in [7, 11) is 1.64. The molecule has 1 nitrogen and oxygen atoms in total. The number of hydrogen-bond donors (Lipinski definition) is 0. The van der Waals surface area contributed by atoms with Crippen LogP contribution in [0.25, 0.3) is 10.8 Å². The van der Waals surface area contributed by atoms with Crippen LogP contribution in [-0.2, 0) is 0 Å². The van der Waals surface area contributed by atoms with Crippen molar-refractivity contribution in [2.75, 3.05) is 7.05 Å². The summed E-state index contributed by atoms with van der Waals surface area (Å²) in [5, 5.41) is 2.62. The van der Waals surface area contributed by atoms with Crippen molar-refractivity contribution >= 4 is 17.5 Å². The summed E-state index contributed by atoms with van der Waals surface area (Å²) in [6.45, 7) is 11.6.